The largest absolute Gasteiger partial charge is 0.451 e. The number of fused-ring (bicyclic) bond motifs is 1. The molecule has 2 atom stereocenters. The van der Waals surface area contributed by atoms with Gasteiger partial charge in [0, 0.05) is 11.3 Å². The van der Waals surface area contributed by atoms with Gasteiger partial charge in [0.2, 0.25) is 0 Å². The number of H-pyrrole nitrogens is 1. The van der Waals surface area contributed by atoms with Crippen LogP contribution in [-0.2, 0) is 16.0 Å². The van der Waals surface area contributed by atoms with Gasteiger partial charge in [0.15, 0.2) is 6.61 Å². The van der Waals surface area contributed by atoms with E-state index >= 15 is 0 Å². The SMILES string of the molecule is Cc1[nH]c(C(=O)OCC(=O)N[C@@H]2CCCc3ccccc32)c(C)c1[C@H](C)O. The second-order valence-electron chi connectivity index (χ2n) is 7.13. The van der Waals surface area contributed by atoms with Gasteiger partial charge in [-0.05, 0) is 56.7 Å². The van der Waals surface area contributed by atoms with Crippen molar-refractivity contribution in [3.05, 3.63) is 57.9 Å². The predicted molar refractivity (Wildman–Crippen MR) is 101 cm³/mol. The Morgan fingerprint density at radius 1 is 1.33 bits per heavy atom. The van der Waals surface area contributed by atoms with E-state index < -0.39 is 12.1 Å². The van der Waals surface area contributed by atoms with E-state index in [-0.39, 0.29) is 24.2 Å². The molecule has 144 valence electrons. The van der Waals surface area contributed by atoms with Crippen LogP contribution in [0.3, 0.4) is 0 Å². The van der Waals surface area contributed by atoms with Crippen LogP contribution in [0.5, 0.6) is 0 Å². The first kappa shape index (κ1) is 19.2. The van der Waals surface area contributed by atoms with E-state index in [0.717, 1.165) is 30.5 Å². The number of carbonyl (C=O) groups excluding carboxylic acids is 2. The normalized spacial score (nSPS) is 17.1. The van der Waals surface area contributed by atoms with E-state index in [9.17, 15) is 14.7 Å². The fourth-order valence-corrected chi connectivity index (χ4v) is 3.94. The van der Waals surface area contributed by atoms with E-state index in [4.69, 9.17) is 4.74 Å². The Labute approximate surface area is 158 Å². The second kappa shape index (κ2) is 7.96. The zero-order valence-corrected chi connectivity index (χ0v) is 16.0. The summed E-state index contributed by atoms with van der Waals surface area (Å²) in [5.74, 6) is -0.913. The molecule has 3 N–H and O–H groups in total. The van der Waals surface area contributed by atoms with Gasteiger partial charge in [0.1, 0.15) is 5.69 Å². The van der Waals surface area contributed by atoms with Crippen LogP contribution in [-0.4, -0.2) is 28.6 Å². The van der Waals surface area contributed by atoms with Crippen LogP contribution in [0, 0.1) is 13.8 Å². The summed E-state index contributed by atoms with van der Waals surface area (Å²) in [5.41, 5.74) is 4.73. The highest BCUT2D eigenvalue weighted by atomic mass is 16.5. The third kappa shape index (κ3) is 4.06. The summed E-state index contributed by atoms with van der Waals surface area (Å²) in [6, 6.07) is 8.06. The summed E-state index contributed by atoms with van der Waals surface area (Å²) in [6.45, 7) is 4.85. The lowest BCUT2D eigenvalue weighted by atomic mass is 9.88. The van der Waals surface area contributed by atoms with E-state index in [1.54, 1.807) is 20.8 Å². The maximum atomic E-state index is 12.3. The van der Waals surface area contributed by atoms with Crippen LogP contribution in [0.15, 0.2) is 24.3 Å². The number of aliphatic hydroxyl groups is 1. The number of benzene rings is 1. The fraction of sp³-hybridized carbons (Fsp3) is 0.429. The zero-order chi connectivity index (χ0) is 19.6. The number of hydrogen-bond donors (Lipinski definition) is 3. The van der Waals surface area contributed by atoms with Crippen molar-refractivity contribution in [1.82, 2.24) is 10.3 Å². The van der Waals surface area contributed by atoms with Gasteiger partial charge >= 0.3 is 5.97 Å². The van der Waals surface area contributed by atoms with Crippen molar-refractivity contribution >= 4 is 11.9 Å². The van der Waals surface area contributed by atoms with Gasteiger partial charge in [-0.3, -0.25) is 4.79 Å². The molecule has 27 heavy (non-hydrogen) atoms. The molecule has 0 bridgehead atoms. The maximum absolute atomic E-state index is 12.3. The number of aliphatic hydroxyl groups excluding tert-OH is 1. The molecule has 0 spiro atoms. The van der Waals surface area contributed by atoms with Crippen molar-refractivity contribution in [2.24, 2.45) is 0 Å². The number of ether oxygens (including phenoxy) is 1. The minimum absolute atomic E-state index is 0.0440. The van der Waals surface area contributed by atoms with Gasteiger partial charge in [-0.2, -0.15) is 0 Å². The van der Waals surface area contributed by atoms with Crippen molar-refractivity contribution in [3.63, 3.8) is 0 Å². The standard InChI is InChI=1S/C21H26N2O4/c1-12-19(14(3)24)13(2)22-20(12)21(26)27-11-18(25)23-17-10-6-8-15-7-4-5-9-16(15)17/h4-5,7,9,14,17,22,24H,6,8,10-11H2,1-3H3,(H,23,25)/t14-,17+/m0/s1. The molecule has 0 unspecified atom stereocenters. The van der Waals surface area contributed by atoms with Crippen molar-refractivity contribution in [2.45, 2.75) is 52.2 Å². The first-order valence-electron chi connectivity index (χ1n) is 9.30. The van der Waals surface area contributed by atoms with E-state index in [0.29, 0.717) is 11.1 Å². The first-order valence-corrected chi connectivity index (χ1v) is 9.30. The van der Waals surface area contributed by atoms with E-state index in [1.165, 1.54) is 5.56 Å². The molecule has 0 saturated heterocycles. The third-order valence-corrected chi connectivity index (χ3v) is 5.16. The lowest BCUT2D eigenvalue weighted by molar-refractivity contribution is -0.125. The van der Waals surface area contributed by atoms with Crippen LogP contribution < -0.4 is 5.32 Å². The molecular formula is C21H26N2O4. The predicted octanol–water partition coefficient (Wildman–Crippen LogP) is 3.04. The van der Waals surface area contributed by atoms with Gasteiger partial charge in [0.05, 0.1) is 12.1 Å². The smallest absolute Gasteiger partial charge is 0.355 e. The van der Waals surface area contributed by atoms with Crippen LogP contribution in [0.1, 0.15) is 70.3 Å². The van der Waals surface area contributed by atoms with E-state index in [2.05, 4.69) is 16.4 Å². The first-order chi connectivity index (χ1) is 12.9. The van der Waals surface area contributed by atoms with E-state index in [1.807, 2.05) is 18.2 Å². The number of amides is 1. The Morgan fingerprint density at radius 3 is 2.78 bits per heavy atom. The molecule has 1 aromatic heterocycles. The molecule has 1 aliphatic rings. The number of nitrogens with one attached hydrogen (secondary N) is 2. The highest BCUT2D eigenvalue weighted by molar-refractivity contribution is 5.91. The Morgan fingerprint density at radius 2 is 2.07 bits per heavy atom. The van der Waals surface area contributed by atoms with Crippen molar-refractivity contribution in [2.75, 3.05) is 6.61 Å². The maximum Gasteiger partial charge on any atom is 0.355 e. The zero-order valence-electron chi connectivity index (χ0n) is 16.0. The molecule has 0 aliphatic heterocycles. The van der Waals surface area contributed by atoms with Crippen molar-refractivity contribution in [1.29, 1.82) is 0 Å². The molecule has 6 heteroatoms. The topological polar surface area (TPSA) is 91.4 Å². The molecule has 1 amide bonds. The van der Waals surface area contributed by atoms with Gasteiger partial charge < -0.3 is 20.1 Å². The number of aryl methyl sites for hydroxylation is 2. The molecular weight excluding hydrogens is 344 g/mol. The van der Waals surface area contributed by atoms with Crippen molar-refractivity contribution < 1.29 is 19.4 Å². The van der Waals surface area contributed by atoms with Crippen LogP contribution in [0.4, 0.5) is 0 Å². The Hall–Kier alpha value is -2.60. The van der Waals surface area contributed by atoms with Gasteiger partial charge in [-0.15, -0.1) is 0 Å². The summed E-state index contributed by atoms with van der Waals surface area (Å²) in [6.07, 6.45) is 2.24. The average Bonchev–Trinajstić information content (AvgIpc) is 2.94. The number of carbonyl (C=O) groups is 2. The third-order valence-electron chi connectivity index (χ3n) is 5.16. The summed E-state index contributed by atoms with van der Waals surface area (Å²) >= 11 is 0. The number of esters is 1. The van der Waals surface area contributed by atoms with Crippen LogP contribution >= 0.6 is 0 Å². The molecule has 0 fully saturated rings. The Bertz CT molecular complexity index is 854. The highest BCUT2D eigenvalue weighted by Gasteiger charge is 2.24. The highest BCUT2D eigenvalue weighted by Crippen LogP contribution is 2.29. The average molecular weight is 370 g/mol. The minimum Gasteiger partial charge on any atom is -0.451 e. The van der Waals surface area contributed by atoms with Crippen molar-refractivity contribution in [3.8, 4) is 0 Å². The summed E-state index contributed by atoms with van der Waals surface area (Å²) < 4.78 is 5.18. The number of rotatable bonds is 5. The monoisotopic (exact) mass is 370 g/mol. The Balaban J connectivity index is 1.60. The summed E-state index contributed by atoms with van der Waals surface area (Å²) in [5, 5.41) is 12.8. The van der Waals surface area contributed by atoms with Gasteiger partial charge in [0.25, 0.3) is 5.91 Å². The quantitative estimate of drug-likeness (QED) is 0.706. The molecule has 3 rings (SSSR count). The lowest BCUT2D eigenvalue weighted by Crippen LogP contribution is -2.34. The molecule has 0 saturated carbocycles. The van der Waals surface area contributed by atoms with Crippen LogP contribution in [0.2, 0.25) is 0 Å². The number of aromatic nitrogens is 1. The number of hydrogen-bond acceptors (Lipinski definition) is 4. The van der Waals surface area contributed by atoms with Crippen LogP contribution in [0.25, 0.3) is 0 Å². The molecule has 2 aromatic rings. The molecule has 0 radical (unpaired) electrons. The molecule has 6 nitrogen and oxygen atoms in total. The van der Waals surface area contributed by atoms with Gasteiger partial charge in [-0.25, -0.2) is 4.79 Å². The summed E-state index contributed by atoms with van der Waals surface area (Å²) in [4.78, 5) is 27.6. The fourth-order valence-electron chi connectivity index (χ4n) is 3.94. The Kier molecular flexibility index (Phi) is 5.65. The molecule has 1 heterocycles. The lowest BCUT2D eigenvalue weighted by Gasteiger charge is -2.26. The second-order valence-corrected chi connectivity index (χ2v) is 7.13. The van der Waals surface area contributed by atoms with Gasteiger partial charge in [-0.1, -0.05) is 24.3 Å². The number of aromatic amines is 1. The molecule has 1 aromatic carbocycles. The molecule has 1 aliphatic carbocycles. The minimum atomic E-state index is -0.683. The summed E-state index contributed by atoms with van der Waals surface area (Å²) in [7, 11) is 0.